The van der Waals surface area contributed by atoms with Crippen molar-refractivity contribution < 1.29 is 4.92 Å². The molecule has 19 heavy (non-hydrogen) atoms. The molecule has 1 aromatic heterocycles. The first kappa shape index (κ1) is 12.1. The maximum Gasteiger partial charge on any atom is 0.269 e. The highest BCUT2D eigenvalue weighted by molar-refractivity contribution is 7.21. The molecule has 3 aromatic rings. The number of fused-ring (bicyclic) bond motifs is 1. The number of non-ortho nitro benzene ring substituents is 1. The molecule has 0 atom stereocenters. The number of nitro groups is 1. The molecule has 1 heterocycles. The summed E-state index contributed by atoms with van der Waals surface area (Å²) in [6, 6.07) is 11.9. The second-order valence-corrected chi connectivity index (χ2v) is 5.40. The molecule has 0 amide bonds. The molecule has 0 N–H and O–H groups in total. The summed E-state index contributed by atoms with van der Waals surface area (Å²) in [5, 5.41) is 12.1. The Bertz CT molecular complexity index is 768. The van der Waals surface area contributed by atoms with Crippen LogP contribution >= 0.6 is 22.9 Å². The number of halogens is 1. The Hall–Kier alpha value is -1.98. The van der Waals surface area contributed by atoms with E-state index in [0.29, 0.717) is 5.02 Å². The van der Waals surface area contributed by atoms with Gasteiger partial charge in [0.25, 0.3) is 5.69 Å². The molecule has 94 valence electrons. The summed E-state index contributed by atoms with van der Waals surface area (Å²) in [4.78, 5) is 14.7. The van der Waals surface area contributed by atoms with E-state index in [-0.39, 0.29) is 5.69 Å². The fourth-order valence-electron chi connectivity index (χ4n) is 1.75. The molecule has 0 aliphatic carbocycles. The van der Waals surface area contributed by atoms with Gasteiger partial charge in [-0.1, -0.05) is 11.6 Å². The summed E-state index contributed by atoms with van der Waals surface area (Å²) in [5.74, 6) is 0. The smallest absolute Gasteiger partial charge is 0.258 e. The van der Waals surface area contributed by atoms with Crippen molar-refractivity contribution in [3.05, 3.63) is 57.6 Å². The van der Waals surface area contributed by atoms with E-state index in [1.165, 1.54) is 23.5 Å². The number of benzene rings is 2. The Kier molecular flexibility index (Phi) is 2.93. The van der Waals surface area contributed by atoms with Crippen LogP contribution in [0.15, 0.2) is 42.5 Å². The Morgan fingerprint density at radius 1 is 1.16 bits per heavy atom. The molecule has 0 saturated carbocycles. The molecular formula is C13H7ClN2O2S. The quantitative estimate of drug-likeness (QED) is 0.515. The molecule has 3 rings (SSSR count). The zero-order chi connectivity index (χ0) is 13.4. The summed E-state index contributed by atoms with van der Waals surface area (Å²) in [7, 11) is 0. The van der Waals surface area contributed by atoms with Gasteiger partial charge in [-0.25, -0.2) is 4.98 Å². The van der Waals surface area contributed by atoms with Gasteiger partial charge in [-0.3, -0.25) is 10.1 Å². The summed E-state index contributed by atoms with van der Waals surface area (Å²) < 4.78 is 1.04. The highest BCUT2D eigenvalue weighted by Crippen LogP contribution is 2.32. The van der Waals surface area contributed by atoms with Gasteiger partial charge in [0.05, 0.1) is 15.1 Å². The molecule has 0 saturated heterocycles. The molecule has 0 spiro atoms. The van der Waals surface area contributed by atoms with Crippen LogP contribution in [0.4, 0.5) is 5.69 Å². The highest BCUT2D eigenvalue weighted by Gasteiger charge is 2.09. The summed E-state index contributed by atoms with van der Waals surface area (Å²) >= 11 is 7.45. The van der Waals surface area contributed by atoms with E-state index < -0.39 is 4.92 Å². The molecule has 0 unspecified atom stereocenters. The van der Waals surface area contributed by atoms with Crippen molar-refractivity contribution in [1.82, 2.24) is 4.98 Å². The number of nitrogens with zero attached hydrogens (tertiary/aromatic N) is 2. The van der Waals surface area contributed by atoms with E-state index in [0.717, 1.165) is 20.8 Å². The largest absolute Gasteiger partial charge is 0.269 e. The fourth-order valence-corrected chi connectivity index (χ4v) is 2.87. The van der Waals surface area contributed by atoms with Crippen LogP contribution in [-0.4, -0.2) is 9.91 Å². The molecule has 4 nitrogen and oxygen atoms in total. The average Bonchev–Trinajstić information content (AvgIpc) is 2.81. The van der Waals surface area contributed by atoms with Crippen LogP contribution in [0.5, 0.6) is 0 Å². The number of thiazole rings is 1. The van der Waals surface area contributed by atoms with Crippen LogP contribution in [0.25, 0.3) is 20.8 Å². The van der Waals surface area contributed by atoms with Gasteiger partial charge in [-0.05, 0) is 30.3 Å². The van der Waals surface area contributed by atoms with Gasteiger partial charge in [0, 0.05) is 22.7 Å². The van der Waals surface area contributed by atoms with Gasteiger partial charge in [0.1, 0.15) is 5.01 Å². The van der Waals surface area contributed by atoms with E-state index in [9.17, 15) is 10.1 Å². The third kappa shape index (κ3) is 2.30. The van der Waals surface area contributed by atoms with Crippen LogP contribution in [0.3, 0.4) is 0 Å². The van der Waals surface area contributed by atoms with Crippen molar-refractivity contribution in [2.45, 2.75) is 0 Å². The van der Waals surface area contributed by atoms with Crippen LogP contribution in [0.1, 0.15) is 0 Å². The van der Waals surface area contributed by atoms with Gasteiger partial charge in [0.15, 0.2) is 0 Å². The molecule has 0 bridgehead atoms. The number of hydrogen-bond donors (Lipinski definition) is 0. The van der Waals surface area contributed by atoms with E-state index >= 15 is 0 Å². The first-order valence-corrected chi connectivity index (χ1v) is 6.64. The normalized spacial score (nSPS) is 10.8. The fraction of sp³-hybridized carbons (Fsp3) is 0. The number of nitro benzene ring substituents is 1. The maximum atomic E-state index is 10.6. The van der Waals surface area contributed by atoms with Gasteiger partial charge in [-0.15, -0.1) is 11.3 Å². The zero-order valence-electron chi connectivity index (χ0n) is 9.54. The van der Waals surface area contributed by atoms with Gasteiger partial charge in [-0.2, -0.15) is 0 Å². The lowest BCUT2D eigenvalue weighted by atomic mass is 10.2. The molecule has 2 aromatic carbocycles. The Balaban J connectivity index is 2.06. The standard InChI is InChI=1S/C13H7ClN2O2S/c14-9-3-6-12-11(7-9)15-13(19-12)8-1-4-10(5-2-8)16(17)18/h1-7H. The Labute approximate surface area is 117 Å². The van der Waals surface area contributed by atoms with Crippen molar-refractivity contribution in [3.8, 4) is 10.6 Å². The van der Waals surface area contributed by atoms with Crippen molar-refractivity contribution in [2.24, 2.45) is 0 Å². The lowest BCUT2D eigenvalue weighted by Gasteiger charge is -1.95. The third-order valence-corrected chi connectivity index (χ3v) is 4.00. The maximum absolute atomic E-state index is 10.6. The number of rotatable bonds is 2. The van der Waals surface area contributed by atoms with E-state index in [1.54, 1.807) is 12.1 Å². The monoisotopic (exact) mass is 290 g/mol. The van der Waals surface area contributed by atoms with Gasteiger partial charge in [0.2, 0.25) is 0 Å². The first-order chi connectivity index (χ1) is 9.13. The van der Waals surface area contributed by atoms with Gasteiger partial charge >= 0.3 is 0 Å². The zero-order valence-corrected chi connectivity index (χ0v) is 11.1. The van der Waals surface area contributed by atoms with Crippen molar-refractivity contribution in [2.75, 3.05) is 0 Å². The number of aromatic nitrogens is 1. The SMILES string of the molecule is O=[N+]([O-])c1ccc(-c2nc3cc(Cl)ccc3s2)cc1. The molecule has 0 aliphatic heterocycles. The van der Waals surface area contributed by atoms with Crippen molar-refractivity contribution in [1.29, 1.82) is 0 Å². The molecular weight excluding hydrogens is 284 g/mol. The minimum Gasteiger partial charge on any atom is -0.258 e. The van der Waals surface area contributed by atoms with Crippen LogP contribution in [0, 0.1) is 10.1 Å². The summed E-state index contributed by atoms with van der Waals surface area (Å²) in [6.45, 7) is 0. The Morgan fingerprint density at radius 3 is 2.58 bits per heavy atom. The average molecular weight is 291 g/mol. The van der Waals surface area contributed by atoms with E-state index in [1.807, 2.05) is 18.2 Å². The lowest BCUT2D eigenvalue weighted by Crippen LogP contribution is -1.86. The summed E-state index contributed by atoms with van der Waals surface area (Å²) in [5.41, 5.74) is 1.78. The van der Waals surface area contributed by atoms with Crippen LogP contribution in [0.2, 0.25) is 5.02 Å². The highest BCUT2D eigenvalue weighted by atomic mass is 35.5. The predicted molar refractivity (Wildman–Crippen MR) is 76.7 cm³/mol. The second kappa shape index (κ2) is 4.60. The Morgan fingerprint density at radius 2 is 1.89 bits per heavy atom. The molecule has 6 heteroatoms. The minimum absolute atomic E-state index is 0.0768. The molecule has 0 aliphatic rings. The summed E-state index contributed by atoms with van der Waals surface area (Å²) in [6.07, 6.45) is 0. The van der Waals surface area contributed by atoms with Gasteiger partial charge < -0.3 is 0 Å². The van der Waals surface area contributed by atoms with E-state index in [4.69, 9.17) is 11.6 Å². The lowest BCUT2D eigenvalue weighted by molar-refractivity contribution is -0.384. The number of hydrogen-bond acceptors (Lipinski definition) is 4. The first-order valence-electron chi connectivity index (χ1n) is 5.44. The topological polar surface area (TPSA) is 56.0 Å². The van der Waals surface area contributed by atoms with Crippen molar-refractivity contribution >= 4 is 38.8 Å². The predicted octanol–water partition coefficient (Wildman–Crippen LogP) is 4.52. The second-order valence-electron chi connectivity index (χ2n) is 3.94. The minimum atomic E-state index is -0.415. The van der Waals surface area contributed by atoms with E-state index in [2.05, 4.69) is 4.98 Å². The molecule has 0 radical (unpaired) electrons. The van der Waals surface area contributed by atoms with Crippen molar-refractivity contribution in [3.63, 3.8) is 0 Å². The van der Waals surface area contributed by atoms with Crippen LogP contribution < -0.4 is 0 Å². The third-order valence-electron chi connectivity index (χ3n) is 2.67. The van der Waals surface area contributed by atoms with Crippen LogP contribution in [-0.2, 0) is 0 Å². The molecule has 0 fully saturated rings.